The summed E-state index contributed by atoms with van der Waals surface area (Å²) in [5, 5.41) is 6.75. The van der Waals surface area contributed by atoms with Crippen LogP contribution in [-0.2, 0) is 13.0 Å². The molecule has 1 amide bonds. The molecular weight excluding hydrogens is 362 g/mol. The molecule has 3 aromatic rings. The molecule has 7 heteroatoms. The number of nitrogens with zero attached hydrogens (tertiary/aromatic N) is 3. The van der Waals surface area contributed by atoms with Gasteiger partial charge in [-0.2, -0.15) is 0 Å². The number of benzene rings is 1. The zero-order valence-corrected chi connectivity index (χ0v) is 15.7. The lowest BCUT2D eigenvalue weighted by Gasteiger charge is -2.09. The normalized spacial score (nSPS) is 10.4. The van der Waals surface area contributed by atoms with Crippen LogP contribution < -0.4 is 10.6 Å². The second kappa shape index (κ2) is 9.09. The number of carbonyl (C=O) groups is 1. The van der Waals surface area contributed by atoms with Gasteiger partial charge in [-0.25, -0.2) is 9.97 Å². The minimum absolute atomic E-state index is 0.233. The molecule has 0 aliphatic heterocycles. The van der Waals surface area contributed by atoms with Crippen LogP contribution in [0.25, 0.3) is 0 Å². The fourth-order valence-corrected chi connectivity index (χ4v) is 2.77. The Morgan fingerprint density at radius 2 is 2.00 bits per heavy atom. The number of rotatable bonds is 7. The van der Waals surface area contributed by atoms with Crippen molar-refractivity contribution in [2.45, 2.75) is 19.9 Å². The van der Waals surface area contributed by atoms with Gasteiger partial charge in [0.1, 0.15) is 17.3 Å². The van der Waals surface area contributed by atoms with Gasteiger partial charge in [-0.05, 0) is 43.2 Å². The number of aromatic nitrogens is 3. The van der Waals surface area contributed by atoms with E-state index in [0.29, 0.717) is 41.9 Å². The summed E-state index contributed by atoms with van der Waals surface area (Å²) in [4.78, 5) is 25.2. The van der Waals surface area contributed by atoms with Gasteiger partial charge in [0, 0.05) is 23.8 Å². The van der Waals surface area contributed by atoms with E-state index in [1.807, 2.05) is 42.5 Å². The molecule has 27 heavy (non-hydrogen) atoms. The minimum atomic E-state index is -0.233. The van der Waals surface area contributed by atoms with Crippen LogP contribution in [0, 0.1) is 6.92 Å². The highest BCUT2D eigenvalue weighted by Crippen LogP contribution is 2.11. The van der Waals surface area contributed by atoms with Crippen LogP contribution in [0.2, 0.25) is 5.02 Å². The van der Waals surface area contributed by atoms with Gasteiger partial charge >= 0.3 is 0 Å². The van der Waals surface area contributed by atoms with Gasteiger partial charge in [0.2, 0.25) is 0 Å². The number of halogens is 1. The van der Waals surface area contributed by atoms with Crippen LogP contribution >= 0.6 is 11.6 Å². The molecule has 0 aliphatic rings. The van der Waals surface area contributed by atoms with Crippen molar-refractivity contribution < 1.29 is 4.79 Å². The summed E-state index contributed by atoms with van der Waals surface area (Å²) in [6.07, 6.45) is 2.43. The van der Waals surface area contributed by atoms with E-state index in [1.54, 1.807) is 19.2 Å². The summed E-state index contributed by atoms with van der Waals surface area (Å²) in [5.74, 6) is 0.887. The van der Waals surface area contributed by atoms with Gasteiger partial charge in [0.15, 0.2) is 0 Å². The van der Waals surface area contributed by atoms with Crippen LogP contribution in [-0.4, -0.2) is 27.4 Å². The summed E-state index contributed by atoms with van der Waals surface area (Å²) in [6, 6.07) is 14.9. The van der Waals surface area contributed by atoms with E-state index in [9.17, 15) is 4.79 Å². The largest absolute Gasteiger partial charge is 0.364 e. The molecule has 0 bridgehead atoms. The first-order valence-corrected chi connectivity index (χ1v) is 9.00. The highest BCUT2D eigenvalue weighted by atomic mass is 35.5. The first-order valence-electron chi connectivity index (χ1n) is 8.62. The van der Waals surface area contributed by atoms with Crippen molar-refractivity contribution in [3.8, 4) is 0 Å². The van der Waals surface area contributed by atoms with Crippen molar-refractivity contribution in [1.82, 2.24) is 20.3 Å². The zero-order chi connectivity index (χ0) is 19.1. The fourth-order valence-electron chi connectivity index (χ4n) is 2.56. The summed E-state index contributed by atoms with van der Waals surface area (Å²) in [6.45, 7) is 2.78. The van der Waals surface area contributed by atoms with Crippen LogP contribution in [0.1, 0.15) is 27.6 Å². The Balaban J connectivity index is 1.58. The lowest BCUT2D eigenvalue weighted by atomic mass is 10.1. The number of amides is 1. The van der Waals surface area contributed by atoms with Gasteiger partial charge in [0.05, 0.1) is 12.2 Å². The number of pyridine rings is 1. The van der Waals surface area contributed by atoms with Gasteiger partial charge in [-0.3, -0.25) is 9.78 Å². The second-order valence-corrected chi connectivity index (χ2v) is 6.43. The van der Waals surface area contributed by atoms with Crippen molar-refractivity contribution in [1.29, 1.82) is 0 Å². The molecule has 0 saturated heterocycles. The van der Waals surface area contributed by atoms with Gasteiger partial charge < -0.3 is 10.6 Å². The Morgan fingerprint density at radius 3 is 2.78 bits per heavy atom. The lowest BCUT2D eigenvalue weighted by molar-refractivity contribution is 0.0949. The minimum Gasteiger partial charge on any atom is -0.364 e. The monoisotopic (exact) mass is 381 g/mol. The quantitative estimate of drug-likeness (QED) is 0.655. The molecule has 2 heterocycles. The van der Waals surface area contributed by atoms with Crippen LogP contribution in [0.3, 0.4) is 0 Å². The van der Waals surface area contributed by atoms with Crippen molar-refractivity contribution in [2.24, 2.45) is 0 Å². The molecule has 0 fully saturated rings. The van der Waals surface area contributed by atoms with Crippen molar-refractivity contribution >= 4 is 23.3 Å². The Hall–Kier alpha value is -2.99. The van der Waals surface area contributed by atoms with Gasteiger partial charge in [-0.1, -0.05) is 29.8 Å². The SMILES string of the molecule is Cc1nc(NCc2ccccn2)cc(C(=O)NCCc2cccc(Cl)c2)n1. The predicted octanol–water partition coefficient (Wildman–Crippen LogP) is 3.42. The third kappa shape index (κ3) is 5.76. The maximum absolute atomic E-state index is 12.4. The summed E-state index contributed by atoms with van der Waals surface area (Å²) < 4.78 is 0. The molecule has 0 radical (unpaired) electrons. The van der Waals surface area contributed by atoms with Crippen LogP contribution in [0.4, 0.5) is 5.82 Å². The van der Waals surface area contributed by atoms with Gasteiger partial charge in [-0.15, -0.1) is 0 Å². The molecule has 0 aliphatic carbocycles. The number of carbonyl (C=O) groups excluding carboxylic acids is 1. The number of aryl methyl sites for hydroxylation is 1. The Morgan fingerprint density at radius 1 is 1.11 bits per heavy atom. The molecule has 6 nitrogen and oxygen atoms in total. The predicted molar refractivity (Wildman–Crippen MR) is 106 cm³/mol. The van der Waals surface area contributed by atoms with Crippen LogP contribution in [0.5, 0.6) is 0 Å². The summed E-state index contributed by atoms with van der Waals surface area (Å²) >= 11 is 5.98. The average molecular weight is 382 g/mol. The van der Waals surface area contributed by atoms with Gasteiger partial charge in [0.25, 0.3) is 5.91 Å². The Labute approximate surface area is 163 Å². The van der Waals surface area contributed by atoms with E-state index in [2.05, 4.69) is 25.6 Å². The summed E-state index contributed by atoms with van der Waals surface area (Å²) in [5.41, 5.74) is 2.29. The number of nitrogens with one attached hydrogen (secondary N) is 2. The summed E-state index contributed by atoms with van der Waals surface area (Å²) in [7, 11) is 0. The third-order valence-electron chi connectivity index (χ3n) is 3.84. The smallest absolute Gasteiger partial charge is 0.270 e. The highest BCUT2D eigenvalue weighted by molar-refractivity contribution is 6.30. The number of hydrogen-bond donors (Lipinski definition) is 2. The number of hydrogen-bond acceptors (Lipinski definition) is 5. The molecule has 138 valence electrons. The molecule has 2 N–H and O–H groups in total. The molecule has 2 aromatic heterocycles. The molecule has 0 unspecified atom stereocenters. The molecule has 1 aromatic carbocycles. The number of anilines is 1. The highest BCUT2D eigenvalue weighted by Gasteiger charge is 2.10. The molecule has 3 rings (SSSR count). The van der Waals surface area contributed by atoms with Crippen molar-refractivity contribution in [3.05, 3.63) is 82.5 Å². The van der Waals surface area contributed by atoms with E-state index in [4.69, 9.17) is 11.6 Å². The topological polar surface area (TPSA) is 79.8 Å². The third-order valence-corrected chi connectivity index (χ3v) is 4.07. The lowest BCUT2D eigenvalue weighted by Crippen LogP contribution is -2.27. The standard InChI is InChI=1S/C20H20ClN5O/c1-14-25-18(12-19(26-14)24-13-17-7-2-3-9-22-17)20(27)23-10-8-15-5-4-6-16(21)11-15/h2-7,9,11-12H,8,10,13H2,1H3,(H,23,27)(H,24,25,26). The van der Waals surface area contributed by atoms with Crippen molar-refractivity contribution in [3.63, 3.8) is 0 Å². The molecule has 0 atom stereocenters. The van der Waals surface area contributed by atoms with Crippen molar-refractivity contribution in [2.75, 3.05) is 11.9 Å². The first-order chi connectivity index (χ1) is 13.1. The maximum Gasteiger partial charge on any atom is 0.270 e. The van der Waals surface area contributed by atoms with E-state index < -0.39 is 0 Å². The Kier molecular flexibility index (Phi) is 6.33. The van der Waals surface area contributed by atoms with Crippen LogP contribution in [0.15, 0.2) is 54.7 Å². The first kappa shape index (κ1) is 18.8. The zero-order valence-electron chi connectivity index (χ0n) is 14.9. The second-order valence-electron chi connectivity index (χ2n) is 6.00. The molecule has 0 spiro atoms. The fraction of sp³-hybridized carbons (Fsp3) is 0.200. The van der Waals surface area contributed by atoms with E-state index in [1.165, 1.54) is 0 Å². The Bertz CT molecular complexity index is 917. The molecule has 0 saturated carbocycles. The average Bonchev–Trinajstić information content (AvgIpc) is 2.67. The van der Waals surface area contributed by atoms with E-state index in [-0.39, 0.29) is 5.91 Å². The van der Waals surface area contributed by atoms with E-state index >= 15 is 0 Å². The van der Waals surface area contributed by atoms with E-state index in [0.717, 1.165) is 11.3 Å². The maximum atomic E-state index is 12.4. The molecular formula is C20H20ClN5O.